The van der Waals surface area contributed by atoms with Crippen molar-refractivity contribution in [3.05, 3.63) is 0 Å². The molecule has 0 spiro atoms. The molecule has 2 N–H and O–H groups in total. The molecule has 1 fully saturated rings. The third kappa shape index (κ3) is 5.58. The van der Waals surface area contributed by atoms with Crippen LogP contribution in [0, 0.1) is 0 Å². The van der Waals surface area contributed by atoms with Crippen molar-refractivity contribution in [2.75, 3.05) is 39.3 Å². The van der Waals surface area contributed by atoms with Crippen molar-refractivity contribution in [2.24, 2.45) is 0 Å². The van der Waals surface area contributed by atoms with Crippen LogP contribution in [0.4, 0.5) is 0 Å². The monoisotopic (exact) mass is 200 g/mol. The molecular weight excluding hydrogens is 176 g/mol. The molecule has 0 aromatic heterocycles. The fourth-order valence-electron chi connectivity index (χ4n) is 1.99. The van der Waals surface area contributed by atoms with E-state index in [1.165, 1.54) is 51.7 Å². The lowest BCUT2D eigenvalue weighted by molar-refractivity contribution is 0.271. The van der Waals surface area contributed by atoms with Gasteiger partial charge in [-0.15, -0.1) is 0 Å². The van der Waals surface area contributed by atoms with Crippen molar-refractivity contribution >= 4 is 0 Å². The number of nitrogens with zero attached hydrogens (tertiary/aromatic N) is 1. The van der Waals surface area contributed by atoms with Gasteiger partial charge in [-0.25, -0.2) is 0 Å². The molecule has 1 aliphatic heterocycles. The van der Waals surface area contributed by atoms with Crippen molar-refractivity contribution in [2.45, 2.75) is 32.1 Å². The molecule has 0 atom stereocenters. The summed E-state index contributed by atoms with van der Waals surface area (Å²) >= 11 is 0. The average molecular weight is 200 g/mol. The molecule has 0 radical (unpaired) electrons. The Morgan fingerprint density at radius 1 is 1.00 bits per heavy atom. The Kier molecular flexibility index (Phi) is 7.01. The topological polar surface area (TPSA) is 35.5 Å². The van der Waals surface area contributed by atoms with Gasteiger partial charge in [0.1, 0.15) is 0 Å². The van der Waals surface area contributed by atoms with E-state index in [0.717, 1.165) is 13.1 Å². The van der Waals surface area contributed by atoms with Crippen LogP contribution in [0.2, 0.25) is 0 Å². The van der Waals surface area contributed by atoms with Gasteiger partial charge in [0.05, 0.1) is 6.61 Å². The molecule has 0 bridgehead atoms. The van der Waals surface area contributed by atoms with Crippen LogP contribution < -0.4 is 5.32 Å². The molecule has 0 saturated carbocycles. The second-order valence-electron chi connectivity index (χ2n) is 4.08. The van der Waals surface area contributed by atoms with E-state index in [4.69, 9.17) is 5.11 Å². The molecule has 0 unspecified atom stereocenters. The van der Waals surface area contributed by atoms with Crippen LogP contribution in [0.15, 0.2) is 0 Å². The Morgan fingerprint density at radius 2 is 1.71 bits per heavy atom. The van der Waals surface area contributed by atoms with Gasteiger partial charge in [-0.3, -0.25) is 0 Å². The fraction of sp³-hybridized carbons (Fsp3) is 1.00. The summed E-state index contributed by atoms with van der Waals surface area (Å²) in [6.07, 6.45) is 6.80. The predicted molar refractivity (Wildman–Crippen MR) is 59.5 cm³/mol. The Hall–Kier alpha value is -0.120. The van der Waals surface area contributed by atoms with Crippen molar-refractivity contribution in [1.82, 2.24) is 10.2 Å². The summed E-state index contributed by atoms with van der Waals surface area (Å²) in [5.41, 5.74) is 0. The van der Waals surface area contributed by atoms with E-state index in [1.54, 1.807) is 0 Å². The highest BCUT2D eigenvalue weighted by molar-refractivity contribution is 4.63. The highest BCUT2D eigenvalue weighted by Gasteiger charge is 2.07. The first-order chi connectivity index (χ1) is 6.93. The molecule has 3 heteroatoms. The molecule has 1 rings (SSSR count). The largest absolute Gasteiger partial charge is 0.395 e. The van der Waals surface area contributed by atoms with Crippen molar-refractivity contribution in [3.63, 3.8) is 0 Å². The minimum Gasteiger partial charge on any atom is -0.395 e. The van der Waals surface area contributed by atoms with E-state index in [0.29, 0.717) is 0 Å². The Bertz CT molecular complexity index is 122. The van der Waals surface area contributed by atoms with E-state index in [2.05, 4.69) is 10.2 Å². The summed E-state index contributed by atoms with van der Waals surface area (Å²) in [5.74, 6) is 0. The van der Waals surface area contributed by atoms with Gasteiger partial charge in [0.15, 0.2) is 0 Å². The number of likely N-dealkylation sites (tertiary alicyclic amines) is 1. The normalized spacial score (nSPS) is 19.5. The molecule has 1 saturated heterocycles. The Balaban J connectivity index is 1.93. The van der Waals surface area contributed by atoms with Gasteiger partial charge < -0.3 is 15.3 Å². The van der Waals surface area contributed by atoms with Gasteiger partial charge in [0, 0.05) is 6.54 Å². The van der Waals surface area contributed by atoms with E-state index >= 15 is 0 Å². The van der Waals surface area contributed by atoms with E-state index in [-0.39, 0.29) is 6.61 Å². The summed E-state index contributed by atoms with van der Waals surface area (Å²) in [7, 11) is 0. The summed E-state index contributed by atoms with van der Waals surface area (Å²) in [6, 6.07) is 0. The van der Waals surface area contributed by atoms with Crippen LogP contribution in [0.3, 0.4) is 0 Å². The van der Waals surface area contributed by atoms with Crippen LogP contribution in [-0.2, 0) is 0 Å². The smallest absolute Gasteiger partial charge is 0.0555 e. The maximum atomic E-state index is 8.58. The number of aliphatic hydroxyl groups excluding tert-OH is 1. The first kappa shape index (κ1) is 12.0. The van der Waals surface area contributed by atoms with Crippen molar-refractivity contribution in [1.29, 1.82) is 0 Å². The van der Waals surface area contributed by atoms with Gasteiger partial charge in [0.25, 0.3) is 0 Å². The van der Waals surface area contributed by atoms with E-state index in [1.807, 2.05) is 0 Å². The van der Waals surface area contributed by atoms with Gasteiger partial charge in [0.2, 0.25) is 0 Å². The molecule has 1 aliphatic rings. The SMILES string of the molecule is OCCNCCCN1CCCCCC1. The van der Waals surface area contributed by atoms with Crippen LogP contribution >= 0.6 is 0 Å². The van der Waals surface area contributed by atoms with E-state index in [9.17, 15) is 0 Å². The number of hydrogen-bond donors (Lipinski definition) is 2. The van der Waals surface area contributed by atoms with Crippen molar-refractivity contribution < 1.29 is 5.11 Å². The van der Waals surface area contributed by atoms with Gasteiger partial charge in [-0.2, -0.15) is 0 Å². The molecule has 1 heterocycles. The Labute approximate surface area is 87.5 Å². The average Bonchev–Trinajstić information content (AvgIpc) is 2.46. The number of hydrogen-bond acceptors (Lipinski definition) is 3. The third-order valence-corrected chi connectivity index (χ3v) is 2.82. The maximum Gasteiger partial charge on any atom is 0.0555 e. The summed E-state index contributed by atoms with van der Waals surface area (Å²) in [4.78, 5) is 2.58. The van der Waals surface area contributed by atoms with Crippen LogP contribution in [0.1, 0.15) is 32.1 Å². The first-order valence-electron chi connectivity index (χ1n) is 5.97. The van der Waals surface area contributed by atoms with Crippen LogP contribution in [-0.4, -0.2) is 49.3 Å². The highest BCUT2D eigenvalue weighted by Crippen LogP contribution is 2.09. The fourth-order valence-corrected chi connectivity index (χ4v) is 1.99. The minimum atomic E-state index is 0.254. The number of aliphatic hydroxyl groups is 1. The van der Waals surface area contributed by atoms with Crippen molar-refractivity contribution in [3.8, 4) is 0 Å². The molecule has 84 valence electrons. The molecule has 3 nitrogen and oxygen atoms in total. The lowest BCUT2D eigenvalue weighted by Crippen LogP contribution is -2.29. The lowest BCUT2D eigenvalue weighted by Gasteiger charge is -2.19. The van der Waals surface area contributed by atoms with Crippen LogP contribution in [0.5, 0.6) is 0 Å². The standard InChI is InChI=1S/C11H24N2O/c14-11-7-12-6-5-10-13-8-3-1-2-4-9-13/h12,14H,1-11H2. The molecule has 14 heavy (non-hydrogen) atoms. The number of nitrogens with one attached hydrogen (secondary N) is 1. The minimum absolute atomic E-state index is 0.254. The summed E-state index contributed by atoms with van der Waals surface area (Å²) in [5, 5.41) is 11.8. The number of rotatable bonds is 6. The predicted octanol–water partition coefficient (Wildman–Crippen LogP) is 0.834. The third-order valence-electron chi connectivity index (χ3n) is 2.82. The molecular formula is C11H24N2O. The zero-order chi connectivity index (χ0) is 10.1. The van der Waals surface area contributed by atoms with Gasteiger partial charge in [-0.1, -0.05) is 12.8 Å². The quantitative estimate of drug-likeness (QED) is 0.624. The zero-order valence-electron chi connectivity index (χ0n) is 9.17. The second kappa shape index (κ2) is 8.21. The summed E-state index contributed by atoms with van der Waals surface area (Å²) in [6.45, 7) is 5.83. The van der Waals surface area contributed by atoms with E-state index < -0.39 is 0 Å². The first-order valence-corrected chi connectivity index (χ1v) is 5.97. The molecule has 0 aromatic carbocycles. The Morgan fingerprint density at radius 3 is 2.36 bits per heavy atom. The zero-order valence-corrected chi connectivity index (χ0v) is 9.17. The summed E-state index contributed by atoms with van der Waals surface area (Å²) < 4.78 is 0. The van der Waals surface area contributed by atoms with Gasteiger partial charge >= 0.3 is 0 Å². The maximum absolute atomic E-state index is 8.58. The van der Waals surface area contributed by atoms with Crippen LogP contribution in [0.25, 0.3) is 0 Å². The molecule has 0 amide bonds. The van der Waals surface area contributed by atoms with Gasteiger partial charge in [-0.05, 0) is 45.4 Å². The second-order valence-corrected chi connectivity index (χ2v) is 4.08. The highest BCUT2D eigenvalue weighted by atomic mass is 16.3. The molecule has 0 aromatic rings. The molecule has 0 aliphatic carbocycles. The lowest BCUT2D eigenvalue weighted by atomic mass is 10.2.